The molecule has 0 bridgehead atoms. The smallest absolute Gasteiger partial charge is 0.119 e. The molecule has 0 aliphatic carbocycles. The predicted molar refractivity (Wildman–Crippen MR) is 118 cm³/mol. The quantitative estimate of drug-likeness (QED) is 0.326. The standard InChI is InChI=1S/C24H29NOS/c1-4-5-16-24(27-21-13-9-12-20(17-21)26-3)25-18(2)22-15-8-11-19-10-6-7-14-23(19)22/h6-15,17-18,24-25H,4-5,16H2,1-3H3/t18-,24?/m1/s1. The second-order valence-corrected chi connectivity index (χ2v) is 8.16. The fourth-order valence-corrected chi connectivity index (χ4v) is 4.63. The lowest BCUT2D eigenvalue weighted by Crippen LogP contribution is -2.29. The first-order valence-electron chi connectivity index (χ1n) is 9.75. The molecule has 2 atom stereocenters. The zero-order chi connectivity index (χ0) is 19.1. The van der Waals surface area contributed by atoms with Crippen LogP contribution in [0.5, 0.6) is 5.75 Å². The summed E-state index contributed by atoms with van der Waals surface area (Å²) in [5.74, 6) is 0.913. The van der Waals surface area contributed by atoms with Crippen LogP contribution in [0.15, 0.2) is 71.6 Å². The number of methoxy groups -OCH3 is 1. The molecular weight excluding hydrogens is 350 g/mol. The van der Waals surface area contributed by atoms with Gasteiger partial charge in [0.1, 0.15) is 5.75 Å². The molecule has 0 aromatic heterocycles. The maximum atomic E-state index is 5.38. The van der Waals surface area contributed by atoms with Crippen molar-refractivity contribution in [2.75, 3.05) is 7.11 Å². The Morgan fingerprint density at radius 3 is 2.59 bits per heavy atom. The highest BCUT2D eigenvalue weighted by Gasteiger charge is 2.16. The zero-order valence-corrected chi connectivity index (χ0v) is 17.3. The van der Waals surface area contributed by atoms with E-state index in [2.05, 4.69) is 79.8 Å². The number of ether oxygens (including phenoxy) is 1. The van der Waals surface area contributed by atoms with E-state index in [-0.39, 0.29) is 6.04 Å². The summed E-state index contributed by atoms with van der Waals surface area (Å²) in [5, 5.41) is 6.87. The highest BCUT2D eigenvalue weighted by atomic mass is 32.2. The third-order valence-electron chi connectivity index (χ3n) is 4.87. The van der Waals surface area contributed by atoms with E-state index < -0.39 is 0 Å². The maximum Gasteiger partial charge on any atom is 0.119 e. The summed E-state index contributed by atoms with van der Waals surface area (Å²) in [7, 11) is 1.72. The Hall–Kier alpha value is -1.97. The SMILES string of the molecule is CCCCC(N[C@H](C)c1cccc2ccccc12)Sc1cccc(OC)c1. The van der Waals surface area contributed by atoms with Gasteiger partial charge in [0.05, 0.1) is 12.5 Å². The highest BCUT2D eigenvalue weighted by Crippen LogP contribution is 2.31. The molecule has 1 unspecified atom stereocenters. The van der Waals surface area contributed by atoms with Crippen LogP contribution in [0, 0.1) is 0 Å². The molecule has 0 radical (unpaired) electrons. The fourth-order valence-electron chi connectivity index (χ4n) is 3.40. The largest absolute Gasteiger partial charge is 0.497 e. The minimum Gasteiger partial charge on any atom is -0.497 e. The average molecular weight is 380 g/mol. The Morgan fingerprint density at radius 1 is 1.00 bits per heavy atom. The second-order valence-electron chi connectivity index (χ2n) is 6.88. The lowest BCUT2D eigenvalue weighted by Gasteiger charge is -2.24. The average Bonchev–Trinajstić information content (AvgIpc) is 2.71. The number of rotatable bonds is 9. The van der Waals surface area contributed by atoms with Crippen LogP contribution in [0.3, 0.4) is 0 Å². The third-order valence-corrected chi connectivity index (χ3v) is 6.05. The van der Waals surface area contributed by atoms with E-state index in [0.717, 1.165) is 12.2 Å². The first-order valence-corrected chi connectivity index (χ1v) is 10.6. The van der Waals surface area contributed by atoms with E-state index in [0.29, 0.717) is 5.37 Å². The summed E-state index contributed by atoms with van der Waals surface area (Å²) in [4.78, 5) is 1.24. The monoisotopic (exact) mass is 379 g/mol. The van der Waals surface area contributed by atoms with Gasteiger partial charge in [-0.05, 0) is 47.9 Å². The molecule has 0 aliphatic rings. The fraction of sp³-hybridized carbons (Fsp3) is 0.333. The van der Waals surface area contributed by atoms with Gasteiger partial charge in [-0.2, -0.15) is 0 Å². The van der Waals surface area contributed by atoms with Crippen LogP contribution >= 0.6 is 11.8 Å². The molecule has 2 nitrogen and oxygen atoms in total. The first-order chi connectivity index (χ1) is 13.2. The highest BCUT2D eigenvalue weighted by molar-refractivity contribution is 7.99. The Kier molecular flexibility index (Phi) is 7.19. The molecule has 0 fully saturated rings. The first kappa shape index (κ1) is 19.8. The van der Waals surface area contributed by atoms with Crippen LogP contribution in [0.25, 0.3) is 10.8 Å². The van der Waals surface area contributed by atoms with Crippen LogP contribution in [0.2, 0.25) is 0 Å². The molecule has 0 amide bonds. The van der Waals surface area contributed by atoms with E-state index in [1.165, 1.54) is 34.1 Å². The van der Waals surface area contributed by atoms with E-state index >= 15 is 0 Å². The van der Waals surface area contributed by atoms with Gasteiger partial charge in [-0.1, -0.05) is 68.3 Å². The number of hydrogen-bond acceptors (Lipinski definition) is 3. The summed E-state index contributed by atoms with van der Waals surface area (Å²) in [6.07, 6.45) is 3.57. The van der Waals surface area contributed by atoms with Gasteiger partial charge < -0.3 is 4.74 Å². The molecule has 142 valence electrons. The summed E-state index contributed by atoms with van der Waals surface area (Å²) in [6.45, 7) is 4.52. The Balaban J connectivity index is 1.78. The van der Waals surface area contributed by atoms with Crippen LogP contribution in [0.4, 0.5) is 0 Å². The molecule has 0 aliphatic heterocycles. The van der Waals surface area contributed by atoms with Crippen LogP contribution < -0.4 is 10.1 Å². The lowest BCUT2D eigenvalue weighted by atomic mass is 9.99. The minimum atomic E-state index is 0.288. The number of fused-ring (bicyclic) bond motifs is 1. The molecule has 0 spiro atoms. The van der Waals surface area contributed by atoms with Crippen molar-refractivity contribution in [3.63, 3.8) is 0 Å². The Bertz CT molecular complexity index is 858. The van der Waals surface area contributed by atoms with E-state index in [1.807, 2.05) is 17.8 Å². The molecule has 3 aromatic rings. The molecule has 0 saturated carbocycles. The van der Waals surface area contributed by atoms with Crippen molar-refractivity contribution in [1.29, 1.82) is 0 Å². The van der Waals surface area contributed by atoms with Crippen molar-refractivity contribution in [3.05, 3.63) is 72.3 Å². The topological polar surface area (TPSA) is 21.3 Å². The number of thioether (sulfide) groups is 1. The molecule has 1 N–H and O–H groups in total. The summed E-state index contributed by atoms with van der Waals surface area (Å²) in [6, 6.07) is 23.9. The summed E-state index contributed by atoms with van der Waals surface area (Å²) >= 11 is 1.90. The Labute approximate surface area is 167 Å². The van der Waals surface area contributed by atoms with Crippen molar-refractivity contribution in [2.24, 2.45) is 0 Å². The lowest BCUT2D eigenvalue weighted by molar-refractivity contribution is 0.413. The number of nitrogens with one attached hydrogen (secondary N) is 1. The molecule has 0 saturated heterocycles. The van der Waals surface area contributed by atoms with Gasteiger partial charge in [0, 0.05) is 10.9 Å². The van der Waals surface area contributed by atoms with Crippen molar-refractivity contribution in [1.82, 2.24) is 5.32 Å². The molecule has 3 rings (SSSR count). The van der Waals surface area contributed by atoms with E-state index in [1.54, 1.807) is 7.11 Å². The van der Waals surface area contributed by atoms with Crippen molar-refractivity contribution in [3.8, 4) is 5.75 Å². The van der Waals surface area contributed by atoms with E-state index in [4.69, 9.17) is 4.74 Å². The van der Waals surface area contributed by atoms with Crippen LogP contribution in [0.1, 0.15) is 44.7 Å². The molecule has 27 heavy (non-hydrogen) atoms. The number of hydrogen-bond donors (Lipinski definition) is 1. The molecule has 3 heteroatoms. The molecule has 3 aromatic carbocycles. The third kappa shape index (κ3) is 5.27. The number of benzene rings is 3. The van der Waals surface area contributed by atoms with Crippen LogP contribution in [-0.2, 0) is 0 Å². The normalized spacial score (nSPS) is 13.4. The van der Waals surface area contributed by atoms with E-state index in [9.17, 15) is 0 Å². The molecular formula is C24H29NOS. The molecule has 0 heterocycles. The predicted octanol–water partition coefficient (Wildman–Crippen LogP) is 6.81. The van der Waals surface area contributed by atoms with Gasteiger partial charge in [0.2, 0.25) is 0 Å². The van der Waals surface area contributed by atoms with Gasteiger partial charge >= 0.3 is 0 Å². The van der Waals surface area contributed by atoms with Crippen molar-refractivity contribution in [2.45, 2.75) is 49.4 Å². The van der Waals surface area contributed by atoms with Crippen molar-refractivity contribution < 1.29 is 4.74 Å². The summed E-state index contributed by atoms with van der Waals surface area (Å²) in [5.41, 5.74) is 1.36. The minimum absolute atomic E-state index is 0.288. The number of unbranched alkanes of at least 4 members (excludes halogenated alkanes) is 1. The van der Waals surface area contributed by atoms with Crippen molar-refractivity contribution >= 4 is 22.5 Å². The maximum absolute atomic E-state index is 5.38. The Morgan fingerprint density at radius 2 is 1.78 bits per heavy atom. The van der Waals surface area contributed by atoms with Gasteiger partial charge in [-0.15, -0.1) is 11.8 Å². The van der Waals surface area contributed by atoms with Gasteiger partial charge in [-0.25, -0.2) is 0 Å². The van der Waals surface area contributed by atoms with Gasteiger partial charge in [0.25, 0.3) is 0 Å². The van der Waals surface area contributed by atoms with Gasteiger partial charge in [-0.3, -0.25) is 5.32 Å². The zero-order valence-electron chi connectivity index (χ0n) is 16.4. The van der Waals surface area contributed by atoms with Gasteiger partial charge in [0.15, 0.2) is 0 Å². The summed E-state index contributed by atoms with van der Waals surface area (Å²) < 4.78 is 5.38. The second kappa shape index (κ2) is 9.82. The van der Waals surface area contributed by atoms with Crippen LogP contribution in [-0.4, -0.2) is 12.5 Å².